The van der Waals surface area contributed by atoms with Crippen LogP contribution in [0.3, 0.4) is 0 Å². The van der Waals surface area contributed by atoms with Crippen LogP contribution in [0.5, 0.6) is 0 Å². The molecule has 110 valence electrons. The van der Waals surface area contributed by atoms with Crippen LogP contribution in [0.25, 0.3) is 0 Å². The minimum absolute atomic E-state index is 0.787. The lowest BCUT2D eigenvalue weighted by Crippen LogP contribution is -2.24. The molecule has 2 atom stereocenters. The zero-order valence-electron chi connectivity index (χ0n) is 13.2. The highest BCUT2D eigenvalue weighted by Gasteiger charge is 2.27. The topological polar surface area (TPSA) is 18.5 Å². The molecule has 0 bridgehead atoms. The third kappa shape index (κ3) is 6.78. The predicted octanol–water partition coefficient (Wildman–Crippen LogP) is 3.84. The molecule has 0 spiro atoms. The summed E-state index contributed by atoms with van der Waals surface area (Å²) >= 11 is 2.95. The molecule has 2 aliphatic rings. The summed E-state index contributed by atoms with van der Waals surface area (Å²) < 4.78 is 11.5. The fourth-order valence-corrected chi connectivity index (χ4v) is 6.63. The first-order valence-electron chi connectivity index (χ1n) is 7.88. The van der Waals surface area contributed by atoms with Gasteiger partial charge in [0.15, 0.2) is 0 Å². The Labute approximate surface area is 129 Å². The van der Waals surface area contributed by atoms with Crippen molar-refractivity contribution in [2.24, 2.45) is 11.8 Å². The minimum atomic E-state index is -1.24. The predicted molar refractivity (Wildman–Crippen MR) is 85.1 cm³/mol. The number of hydrogen-bond acceptors (Lipinski definition) is 2. The summed E-state index contributed by atoms with van der Waals surface area (Å²) in [5, 5.41) is 0. The van der Waals surface area contributed by atoms with Gasteiger partial charge in [-0.2, -0.15) is 0 Å². The van der Waals surface area contributed by atoms with Crippen molar-refractivity contribution in [1.82, 2.24) is 0 Å². The van der Waals surface area contributed by atoms with Gasteiger partial charge in [-0.25, -0.2) is 0 Å². The summed E-state index contributed by atoms with van der Waals surface area (Å²) in [7, 11) is 2.31. The molecular formula is C15H31AlO2Si. The highest BCUT2D eigenvalue weighted by Crippen LogP contribution is 2.34. The summed E-state index contributed by atoms with van der Waals surface area (Å²) in [5.41, 5.74) is 0.787. The zero-order chi connectivity index (χ0) is 14.3. The van der Waals surface area contributed by atoms with E-state index in [1.165, 1.54) is 44.9 Å². The second-order valence-electron chi connectivity index (χ2n) is 6.56. The van der Waals surface area contributed by atoms with Crippen molar-refractivity contribution in [3.63, 3.8) is 0 Å². The molecule has 0 saturated heterocycles. The van der Waals surface area contributed by atoms with Gasteiger partial charge in [-0.05, 0) is 36.6 Å². The van der Waals surface area contributed by atoms with Crippen LogP contribution < -0.4 is 0 Å². The van der Waals surface area contributed by atoms with Crippen LogP contribution in [-0.4, -0.2) is 39.8 Å². The van der Waals surface area contributed by atoms with Gasteiger partial charge in [0, 0.05) is 14.2 Å². The van der Waals surface area contributed by atoms with Crippen LogP contribution in [0.2, 0.25) is 10.3 Å². The van der Waals surface area contributed by atoms with Crippen molar-refractivity contribution in [3.8, 4) is 0 Å². The molecule has 2 unspecified atom stereocenters. The Bertz CT molecular complexity index is 205. The zero-order valence-corrected chi connectivity index (χ0v) is 15.5. The van der Waals surface area contributed by atoms with E-state index in [0.29, 0.717) is 0 Å². The number of rotatable bonds is 3. The fraction of sp³-hybridized carbons (Fsp3) is 1.00. The molecule has 4 heteroatoms. The molecule has 0 aromatic rings. The molecule has 2 rings (SSSR count). The second-order valence-corrected chi connectivity index (χ2v) is 10.1. The molecule has 19 heavy (non-hydrogen) atoms. The fourth-order valence-electron chi connectivity index (χ4n) is 3.72. The van der Waals surface area contributed by atoms with Crippen LogP contribution >= 0.6 is 0 Å². The molecule has 2 saturated carbocycles. The average molecular weight is 298 g/mol. The summed E-state index contributed by atoms with van der Waals surface area (Å²) in [6, 6.07) is 0. The van der Waals surface area contributed by atoms with E-state index in [2.05, 4.69) is 30.1 Å². The molecular weight excluding hydrogens is 267 g/mol. The van der Waals surface area contributed by atoms with Crippen LogP contribution in [0.15, 0.2) is 0 Å². The molecule has 2 nitrogen and oxygen atoms in total. The standard InChI is InChI=1S/C8H15.C7H16O2Si.Al/c1-7-4-3-5-8(2)6-7;1-8-10(9-2)7-5-3-4-6-7;/h3,7-8H,4-6H2,1-2H3;7,10H,3-6H2,1-2H3;. The lowest BCUT2D eigenvalue weighted by Gasteiger charge is -2.29. The van der Waals surface area contributed by atoms with Gasteiger partial charge in [-0.1, -0.05) is 39.5 Å². The highest BCUT2D eigenvalue weighted by molar-refractivity contribution is 6.46. The molecule has 0 N–H and O–H groups in total. The van der Waals surface area contributed by atoms with E-state index in [-0.39, 0.29) is 0 Å². The van der Waals surface area contributed by atoms with Crippen molar-refractivity contribution in [1.29, 1.82) is 0 Å². The third-order valence-corrected chi connectivity index (χ3v) is 7.37. The molecule has 0 amide bonds. The van der Waals surface area contributed by atoms with Crippen LogP contribution in [0.1, 0.15) is 58.8 Å². The van der Waals surface area contributed by atoms with Gasteiger partial charge in [0.2, 0.25) is 0 Å². The first-order chi connectivity index (χ1) is 9.06. The molecule has 0 aliphatic heterocycles. The molecule has 2 aliphatic carbocycles. The number of hydrogen-bond donors (Lipinski definition) is 0. The van der Waals surface area contributed by atoms with E-state index in [0.717, 1.165) is 22.2 Å². The van der Waals surface area contributed by atoms with Crippen LogP contribution in [-0.2, 0) is 8.85 Å². The normalized spacial score (nSPS) is 32.2. The van der Waals surface area contributed by atoms with Crippen molar-refractivity contribution in [3.05, 3.63) is 0 Å². The van der Waals surface area contributed by atoms with Gasteiger partial charge in [0.25, 0.3) is 0 Å². The van der Waals surface area contributed by atoms with Gasteiger partial charge in [0.1, 0.15) is 16.3 Å². The summed E-state index contributed by atoms with van der Waals surface area (Å²) in [6.07, 6.45) is 9.72. The third-order valence-electron chi connectivity index (χ3n) is 4.46. The summed E-state index contributed by atoms with van der Waals surface area (Å²) in [4.78, 5) is 0. The van der Waals surface area contributed by atoms with Crippen molar-refractivity contribution in [2.45, 2.75) is 69.1 Å². The van der Waals surface area contributed by atoms with E-state index in [1.807, 2.05) is 0 Å². The largest absolute Gasteiger partial charge is 0.400 e. The van der Waals surface area contributed by atoms with E-state index in [4.69, 9.17) is 8.85 Å². The molecule has 0 aromatic heterocycles. The Balaban J connectivity index is 0.000000191. The van der Waals surface area contributed by atoms with E-state index in [1.54, 1.807) is 14.2 Å². The van der Waals surface area contributed by atoms with Crippen molar-refractivity contribution < 1.29 is 8.85 Å². The molecule has 0 heterocycles. The molecule has 2 fully saturated rings. The highest BCUT2D eigenvalue weighted by atomic mass is 28.3. The van der Waals surface area contributed by atoms with Gasteiger partial charge in [-0.3, -0.25) is 0 Å². The van der Waals surface area contributed by atoms with Gasteiger partial charge < -0.3 is 8.85 Å². The maximum Gasteiger partial charge on any atom is 0.324 e. The first kappa shape index (κ1) is 17.7. The lowest BCUT2D eigenvalue weighted by molar-refractivity contribution is 0.265. The molecule has 2 radical (unpaired) electrons. The summed E-state index contributed by atoms with van der Waals surface area (Å²) in [5.74, 6) is 1.94. The first-order valence-corrected chi connectivity index (χ1v) is 10.2. The van der Waals surface area contributed by atoms with Crippen LogP contribution in [0, 0.1) is 11.8 Å². The average Bonchev–Trinajstić information content (AvgIpc) is 2.83. The van der Waals surface area contributed by atoms with E-state index < -0.39 is 9.28 Å². The Morgan fingerprint density at radius 3 is 1.74 bits per heavy atom. The van der Waals surface area contributed by atoms with Gasteiger partial charge in [-0.15, -0.1) is 4.78 Å². The van der Waals surface area contributed by atoms with Gasteiger partial charge in [0.05, 0.1) is 0 Å². The quantitative estimate of drug-likeness (QED) is 0.737. The van der Waals surface area contributed by atoms with E-state index in [9.17, 15) is 0 Å². The minimum Gasteiger partial charge on any atom is -0.400 e. The maximum absolute atomic E-state index is 5.30. The Kier molecular flexibility index (Phi) is 8.93. The Morgan fingerprint density at radius 2 is 1.37 bits per heavy atom. The van der Waals surface area contributed by atoms with Crippen LogP contribution in [0.4, 0.5) is 0 Å². The second kappa shape index (κ2) is 9.58. The Hall–Kier alpha value is 0.669. The van der Waals surface area contributed by atoms with Gasteiger partial charge >= 0.3 is 9.28 Å². The SMILES string of the molecule is CC1CC(C)C[CH]([Al])C1.CO[SiH](OC)C1CCCC1. The monoisotopic (exact) mass is 298 g/mol. The van der Waals surface area contributed by atoms with E-state index >= 15 is 0 Å². The Morgan fingerprint density at radius 1 is 0.895 bits per heavy atom. The summed E-state index contributed by atoms with van der Waals surface area (Å²) in [6.45, 7) is 4.74. The van der Waals surface area contributed by atoms with Crippen molar-refractivity contribution in [2.75, 3.05) is 14.2 Å². The smallest absolute Gasteiger partial charge is 0.324 e. The maximum atomic E-state index is 5.30. The molecule has 0 aromatic carbocycles. The van der Waals surface area contributed by atoms with Crippen molar-refractivity contribution >= 4 is 25.6 Å². The lowest BCUT2D eigenvalue weighted by atomic mass is 9.83.